The molecule has 0 bridgehead atoms. The van der Waals surface area contributed by atoms with Crippen molar-refractivity contribution >= 4 is 34.7 Å². The zero-order chi connectivity index (χ0) is 21.8. The lowest BCUT2D eigenvalue weighted by atomic mass is 9.99. The molecule has 0 aliphatic heterocycles. The van der Waals surface area contributed by atoms with Crippen LogP contribution in [-0.4, -0.2) is 27.2 Å². The van der Waals surface area contributed by atoms with Gasteiger partial charge in [-0.1, -0.05) is 6.07 Å². The molecule has 0 saturated heterocycles. The van der Waals surface area contributed by atoms with E-state index >= 15 is 0 Å². The number of amides is 1. The first kappa shape index (κ1) is 22.3. The summed E-state index contributed by atoms with van der Waals surface area (Å²) in [5.74, 6) is -0.246. The van der Waals surface area contributed by atoms with Crippen LogP contribution in [0.4, 0.5) is 18.9 Å². The van der Waals surface area contributed by atoms with E-state index in [0.717, 1.165) is 10.5 Å². The highest BCUT2D eigenvalue weighted by atomic mass is 32.2. The van der Waals surface area contributed by atoms with Crippen LogP contribution in [0.5, 0.6) is 0 Å². The minimum atomic E-state index is -5.04. The van der Waals surface area contributed by atoms with E-state index in [-0.39, 0.29) is 0 Å². The number of alkyl halides is 3. The van der Waals surface area contributed by atoms with Crippen LogP contribution in [-0.2, 0) is 16.1 Å². The lowest BCUT2D eigenvalue weighted by Crippen LogP contribution is -2.45. The topological polar surface area (TPSA) is 75.1 Å². The molecule has 0 spiro atoms. The molecule has 1 unspecified atom stereocenters. The van der Waals surface area contributed by atoms with Gasteiger partial charge < -0.3 is 10.4 Å². The third kappa shape index (κ3) is 5.38. The van der Waals surface area contributed by atoms with E-state index in [9.17, 15) is 23.1 Å². The number of hydrogen-bond donors (Lipinski definition) is 2. The second-order valence-corrected chi connectivity index (χ2v) is 8.46. The maximum Gasteiger partial charge on any atom is 0.424 e. The summed E-state index contributed by atoms with van der Waals surface area (Å²) >= 11 is 2.23. The minimum absolute atomic E-state index is 0.338. The number of carbonyl (C=O) groups excluding carboxylic acids is 1. The maximum absolute atomic E-state index is 13.5. The van der Waals surface area contributed by atoms with Crippen LogP contribution in [0.25, 0.3) is 0 Å². The molecule has 0 fully saturated rings. The number of thiazole rings is 1. The average molecular weight is 454 g/mol. The Bertz CT molecular complexity index is 995. The molecule has 158 valence electrons. The van der Waals surface area contributed by atoms with Crippen LogP contribution in [0.3, 0.4) is 0 Å². The zero-order valence-corrected chi connectivity index (χ0v) is 17.4. The zero-order valence-electron chi connectivity index (χ0n) is 15.8. The molecule has 0 saturated carbocycles. The van der Waals surface area contributed by atoms with E-state index in [4.69, 9.17) is 0 Å². The van der Waals surface area contributed by atoms with Crippen LogP contribution in [0.2, 0.25) is 0 Å². The molecule has 1 aromatic carbocycles. The van der Waals surface area contributed by atoms with Crippen LogP contribution in [0.1, 0.15) is 22.7 Å². The summed E-state index contributed by atoms with van der Waals surface area (Å²) in [6.45, 7) is 1.52. The predicted molar refractivity (Wildman–Crippen MR) is 110 cm³/mol. The van der Waals surface area contributed by atoms with Crippen molar-refractivity contribution in [3.63, 3.8) is 0 Å². The Morgan fingerprint density at radius 2 is 1.97 bits per heavy atom. The van der Waals surface area contributed by atoms with E-state index < -0.39 is 29.1 Å². The Balaban J connectivity index is 1.63. The Labute approximate surface area is 179 Å². The SMILES string of the molecule is Cc1csc(C(O)(CC(=O)Nc2ccc(SCc3cccnc3)cc2)C(F)(F)F)n1. The number of aliphatic hydroxyl groups is 1. The summed E-state index contributed by atoms with van der Waals surface area (Å²) < 4.78 is 40.5. The first-order chi connectivity index (χ1) is 14.2. The molecule has 0 radical (unpaired) electrons. The van der Waals surface area contributed by atoms with Crippen molar-refractivity contribution in [3.05, 3.63) is 70.4 Å². The van der Waals surface area contributed by atoms with Gasteiger partial charge in [0.05, 0.1) is 6.42 Å². The van der Waals surface area contributed by atoms with Gasteiger partial charge in [-0.2, -0.15) is 13.2 Å². The summed E-state index contributed by atoms with van der Waals surface area (Å²) in [5.41, 5.74) is -1.60. The monoisotopic (exact) mass is 453 g/mol. The summed E-state index contributed by atoms with van der Waals surface area (Å²) in [4.78, 5) is 21.0. The summed E-state index contributed by atoms with van der Waals surface area (Å²) in [7, 11) is 0. The molecule has 3 rings (SSSR count). The van der Waals surface area contributed by atoms with Crippen molar-refractivity contribution in [1.29, 1.82) is 0 Å². The van der Waals surface area contributed by atoms with Crippen LogP contribution < -0.4 is 5.32 Å². The lowest BCUT2D eigenvalue weighted by molar-refractivity contribution is -0.266. The standard InChI is InChI=1S/C20H18F3N3O2S2/c1-13-11-30-18(25-13)19(28,20(21,22)23)9-17(27)26-15-4-6-16(7-5-15)29-12-14-3-2-8-24-10-14/h2-8,10-11,28H,9,12H2,1H3,(H,26,27). The fourth-order valence-electron chi connectivity index (χ4n) is 2.56. The Kier molecular flexibility index (Phi) is 6.79. The number of halogens is 3. The fourth-order valence-corrected chi connectivity index (χ4v) is 4.31. The second kappa shape index (κ2) is 9.15. The number of hydrogen-bond acceptors (Lipinski definition) is 6. The van der Waals surface area contributed by atoms with Crippen molar-refractivity contribution in [3.8, 4) is 0 Å². The lowest BCUT2D eigenvalue weighted by Gasteiger charge is -2.27. The molecule has 30 heavy (non-hydrogen) atoms. The molecule has 3 aromatic rings. The van der Waals surface area contributed by atoms with E-state index in [0.29, 0.717) is 28.5 Å². The number of carbonyl (C=O) groups is 1. The summed E-state index contributed by atoms with van der Waals surface area (Å²) in [5, 5.41) is 13.5. The molecule has 2 heterocycles. The van der Waals surface area contributed by atoms with E-state index in [2.05, 4.69) is 15.3 Å². The number of aromatic nitrogens is 2. The first-order valence-electron chi connectivity index (χ1n) is 8.81. The molecule has 2 aromatic heterocycles. The number of aryl methyl sites for hydroxylation is 1. The highest BCUT2D eigenvalue weighted by molar-refractivity contribution is 7.98. The molecular formula is C20H18F3N3O2S2. The second-order valence-electron chi connectivity index (χ2n) is 6.55. The highest BCUT2D eigenvalue weighted by Crippen LogP contribution is 2.43. The smallest absolute Gasteiger partial charge is 0.374 e. The van der Waals surface area contributed by atoms with Crippen LogP contribution in [0, 0.1) is 6.92 Å². The molecular weight excluding hydrogens is 435 g/mol. The molecule has 0 aliphatic carbocycles. The van der Waals surface area contributed by atoms with Gasteiger partial charge in [0, 0.05) is 39.8 Å². The third-order valence-corrected chi connectivity index (χ3v) is 6.32. The molecule has 5 nitrogen and oxygen atoms in total. The fraction of sp³-hybridized carbons (Fsp3) is 0.250. The molecule has 10 heteroatoms. The number of pyridine rings is 1. The van der Waals surface area contributed by atoms with Gasteiger partial charge in [0.25, 0.3) is 0 Å². The number of nitrogens with zero attached hydrogens (tertiary/aromatic N) is 2. The number of rotatable bonds is 7. The van der Waals surface area contributed by atoms with Gasteiger partial charge >= 0.3 is 6.18 Å². The average Bonchev–Trinajstić information content (AvgIpc) is 3.14. The minimum Gasteiger partial charge on any atom is -0.374 e. The number of benzene rings is 1. The molecule has 0 aliphatic rings. The number of thioether (sulfide) groups is 1. The Hall–Kier alpha value is -2.43. The van der Waals surface area contributed by atoms with E-state index in [1.807, 2.05) is 12.1 Å². The first-order valence-corrected chi connectivity index (χ1v) is 10.7. The van der Waals surface area contributed by atoms with Gasteiger partial charge in [-0.3, -0.25) is 9.78 Å². The third-order valence-electron chi connectivity index (χ3n) is 4.12. The van der Waals surface area contributed by atoms with Crippen molar-refractivity contribution in [2.45, 2.75) is 35.8 Å². The number of anilines is 1. The van der Waals surface area contributed by atoms with Gasteiger partial charge in [0.1, 0.15) is 5.01 Å². The van der Waals surface area contributed by atoms with Crippen molar-refractivity contribution in [2.24, 2.45) is 0 Å². The van der Waals surface area contributed by atoms with Gasteiger partial charge in [0.15, 0.2) is 0 Å². The number of nitrogens with one attached hydrogen (secondary N) is 1. The largest absolute Gasteiger partial charge is 0.424 e. The van der Waals surface area contributed by atoms with Gasteiger partial charge in [-0.15, -0.1) is 23.1 Å². The van der Waals surface area contributed by atoms with Gasteiger partial charge in [-0.25, -0.2) is 4.98 Å². The summed E-state index contributed by atoms with van der Waals surface area (Å²) in [6.07, 6.45) is -2.75. The van der Waals surface area contributed by atoms with E-state index in [1.54, 1.807) is 48.4 Å². The molecule has 1 atom stereocenters. The molecule has 1 amide bonds. The van der Waals surface area contributed by atoms with Crippen LogP contribution in [0.15, 0.2) is 59.1 Å². The predicted octanol–water partition coefficient (Wildman–Crippen LogP) is 4.92. The maximum atomic E-state index is 13.5. The van der Waals surface area contributed by atoms with Crippen molar-refractivity contribution in [2.75, 3.05) is 5.32 Å². The van der Waals surface area contributed by atoms with Crippen LogP contribution >= 0.6 is 23.1 Å². The quantitative estimate of drug-likeness (QED) is 0.497. The van der Waals surface area contributed by atoms with Crippen molar-refractivity contribution in [1.82, 2.24) is 9.97 Å². The normalized spacial score (nSPS) is 13.6. The van der Waals surface area contributed by atoms with E-state index in [1.165, 1.54) is 12.3 Å². The Morgan fingerprint density at radius 1 is 1.23 bits per heavy atom. The molecule has 2 N–H and O–H groups in total. The Morgan fingerprint density at radius 3 is 2.53 bits per heavy atom. The van der Waals surface area contributed by atoms with Gasteiger partial charge in [-0.05, 0) is 42.8 Å². The van der Waals surface area contributed by atoms with Gasteiger partial charge in [0.2, 0.25) is 11.5 Å². The highest BCUT2D eigenvalue weighted by Gasteiger charge is 2.58. The summed E-state index contributed by atoms with van der Waals surface area (Å²) in [6, 6.07) is 10.5. The van der Waals surface area contributed by atoms with Crippen molar-refractivity contribution < 1.29 is 23.1 Å².